The van der Waals surface area contributed by atoms with E-state index in [1.165, 1.54) is 18.0 Å². The summed E-state index contributed by atoms with van der Waals surface area (Å²) < 4.78 is 5.59. The highest BCUT2D eigenvalue weighted by Gasteiger charge is 2.43. The van der Waals surface area contributed by atoms with Crippen molar-refractivity contribution in [2.24, 2.45) is 0 Å². The predicted molar refractivity (Wildman–Crippen MR) is 84.4 cm³/mol. The van der Waals surface area contributed by atoms with E-state index in [2.05, 4.69) is 10.3 Å². The Kier molecular flexibility index (Phi) is 5.28. The molecule has 2 rings (SSSR count). The van der Waals surface area contributed by atoms with Gasteiger partial charge < -0.3 is 15.2 Å². The van der Waals surface area contributed by atoms with E-state index in [1.807, 2.05) is 13.8 Å². The lowest BCUT2D eigenvalue weighted by atomic mass is 9.98. The molecule has 1 amide bonds. The number of carboxylic acid groups (broad SMARTS) is 1. The van der Waals surface area contributed by atoms with E-state index >= 15 is 0 Å². The number of nitrogens with one attached hydrogen (secondary N) is 1. The molecule has 1 saturated heterocycles. The number of hydrogen-bond acceptors (Lipinski definition) is 5. The normalized spacial score (nSPS) is 22.1. The van der Waals surface area contributed by atoms with E-state index in [1.54, 1.807) is 12.1 Å². The molecule has 0 saturated carbocycles. The highest BCUT2D eigenvalue weighted by Crippen LogP contribution is 2.28. The molecule has 1 aromatic rings. The molecule has 1 aromatic heterocycles. The number of carbonyl (C=O) groups is 2. The van der Waals surface area contributed by atoms with Gasteiger partial charge in [0.25, 0.3) is 5.91 Å². The summed E-state index contributed by atoms with van der Waals surface area (Å²) in [6.07, 6.45) is 2.75. The van der Waals surface area contributed by atoms with Crippen LogP contribution in [0.3, 0.4) is 0 Å². The van der Waals surface area contributed by atoms with Crippen LogP contribution in [0.25, 0.3) is 0 Å². The lowest BCUT2D eigenvalue weighted by molar-refractivity contribution is -0.143. The molecule has 0 radical (unpaired) electrons. The number of aliphatic carboxylic acids is 1. The molecular weight excluding hydrogens is 304 g/mol. The van der Waals surface area contributed by atoms with Crippen LogP contribution in [0.2, 0.25) is 0 Å². The number of carboxylic acids is 1. The fourth-order valence-electron chi connectivity index (χ4n) is 2.08. The van der Waals surface area contributed by atoms with Gasteiger partial charge >= 0.3 is 5.97 Å². The molecule has 22 heavy (non-hydrogen) atoms. The third kappa shape index (κ3) is 3.71. The number of amides is 1. The van der Waals surface area contributed by atoms with Crippen molar-refractivity contribution in [1.82, 2.24) is 10.3 Å². The summed E-state index contributed by atoms with van der Waals surface area (Å²) in [5, 5.41) is 12.1. The highest BCUT2D eigenvalue weighted by atomic mass is 32.2. The van der Waals surface area contributed by atoms with Gasteiger partial charge in [-0.3, -0.25) is 4.79 Å². The highest BCUT2D eigenvalue weighted by molar-refractivity contribution is 7.99. The number of carbonyl (C=O) groups excluding carboxylic acids is 1. The molecule has 7 heteroatoms. The molecule has 2 unspecified atom stereocenters. The van der Waals surface area contributed by atoms with E-state index in [0.717, 1.165) is 12.2 Å². The summed E-state index contributed by atoms with van der Waals surface area (Å²) in [6, 6.07) is 3.09. The maximum atomic E-state index is 12.4. The van der Waals surface area contributed by atoms with Crippen LogP contribution in [0.15, 0.2) is 18.3 Å². The summed E-state index contributed by atoms with van der Waals surface area (Å²) in [4.78, 5) is 27.9. The van der Waals surface area contributed by atoms with Gasteiger partial charge in [0.15, 0.2) is 0 Å². The zero-order valence-electron chi connectivity index (χ0n) is 12.7. The van der Waals surface area contributed by atoms with Crippen molar-refractivity contribution in [1.29, 1.82) is 0 Å². The van der Waals surface area contributed by atoms with Crippen molar-refractivity contribution in [3.63, 3.8) is 0 Å². The fraction of sp³-hybridized carbons (Fsp3) is 0.533. The summed E-state index contributed by atoms with van der Waals surface area (Å²) in [6.45, 7) is 3.92. The zero-order valence-corrected chi connectivity index (χ0v) is 13.5. The van der Waals surface area contributed by atoms with Crippen LogP contribution in [0, 0.1) is 0 Å². The van der Waals surface area contributed by atoms with Gasteiger partial charge in [-0.25, -0.2) is 9.78 Å². The second-order valence-electron chi connectivity index (χ2n) is 5.36. The summed E-state index contributed by atoms with van der Waals surface area (Å²) in [5.41, 5.74) is -0.825. The van der Waals surface area contributed by atoms with Gasteiger partial charge in [-0.15, -0.1) is 0 Å². The minimum Gasteiger partial charge on any atom is -0.479 e. The molecule has 2 N–H and O–H groups in total. The van der Waals surface area contributed by atoms with E-state index in [4.69, 9.17) is 4.74 Å². The Morgan fingerprint density at radius 1 is 1.59 bits per heavy atom. The van der Waals surface area contributed by atoms with Gasteiger partial charge in [0.1, 0.15) is 5.54 Å². The van der Waals surface area contributed by atoms with Gasteiger partial charge in [0.05, 0.1) is 6.10 Å². The van der Waals surface area contributed by atoms with Crippen LogP contribution in [0.5, 0.6) is 5.88 Å². The third-order valence-electron chi connectivity index (χ3n) is 3.68. The second-order valence-corrected chi connectivity index (χ2v) is 6.47. The minimum atomic E-state index is -1.18. The summed E-state index contributed by atoms with van der Waals surface area (Å²) in [7, 11) is 0. The van der Waals surface area contributed by atoms with Crippen molar-refractivity contribution < 1.29 is 19.4 Å². The first-order chi connectivity index (χ1) is 10.5. The molecule has 6 nitrogen and oxygen atoms in total. The predicted octanol–water partition coefficient (Wildman–Crippen LogP) is 1.95. The molecule has 0 aliphatic carbocycles. The van der Waals surface area contributed by atoms with Crippen molar-refractivity contribution >= 4 is 23.6 Å². The Hall–Kier alpha value is -1.76. The Labute approximate surface area is 133 Å². The fourth-order valence-corrected chi connectivity index (χ4v) is 3.41. The van der Waals surface area contributed by atoms with Crippen LogP contribution in [-0.4, -0.2) is 45.1 Å². The topological polar surface area (TPSA) is 88.5 Å². The first kappa shape index (κ1) is 16.6. The molecule has 120 valence electrons. The van der Waals surface area contributed by atoms with Crippen LogP contribution < -0.4 is 10.1 Å². The van der Waals surface area contributed by atoms with E-state index in [-0.39, 0.29) is 6.10 Å². The second kappa shape index (κ2) is 7.00. The zero-order chi connectivity index (χ0) is 16.2. The van der Waals surface area contributed by atoms with Crippen molar-refractivity contribution in [3.05, 3.63) is 23.9 Å². The molecule has 0 aromatic carbocycles. The standard InChI is InChI=1S/C15H20N2O4S/c1-3-10(2)21-12-8-11(4-6-16-12)13(18)17-15(14(19)20)5-7-22-9-15/h4,6,8,10H,3,5,7,9H2,1-2H3,(H,17,18)(H,19,20). The Morgan fingerprint density at radius 3 is 2.95 bits per heavy atom. The monoisotopic (exact) mass is 324 g/mol. The van der Waals surface area contributed by atoms with Crippen molar-refractivity contribution in [2.45, 2.75) is 38.3 Å². The molecule has 2 atom stereocenters. The number of ether oxygens (including phenoxy) is 1. The average Bonchev–Trinajstić information content (AvgIpc) is 2.97. The van der Waals surface area contributed by atoms with Crippen LogP contribution in [-0.2, 0) is 4.79 Å². The Bertz CT molecular complexity index is 558. The molecule has 2 heterocycles. The number of aromatic nitrogens is 1. The number of pyridine rings is 1. The number of rotatable bonds is 6. The number of nitrogens with zero attached hydrogens (tertiary/aromatic N) is 1. The number of thioether (sulfide) groups is 1. The van der Waals surface area contributed by atoms with E-state index in [9.17, 15) is 14.7 Å². The maximum Gasteiger partial charge on any atom is 0.330 e. The minimum absolute atomic E-state index is 0.00223. The van der Waals surface area contributed by atoms with E-state index < -0.39 is 17.4 Å². The van der Waals surface area contributed by atoms with Gasteiger partial charge in [-0.2, -0.15) is 11.8 Å². The lowest BCUT2D eigenvalue weighted by Crippen LogP contribution is -2.54. The quantitative estimate of drug-likeness (QED) is 0.831. The Morgan fingerprint density at radius 2 is 2.36 bits per heavy atom. The van der Waals surface area contributed by atoms with Gasteiger partial charge in [0.2, 0.25) is 5.88 Å². The smallest absolute Gasteiger partial charge is 0.330 e. The molecule has 1 fully saturated rings. The first-order valence-corrected chi connectivity index (χ1v) is 8.38. The van der Waals surface area contributed by atoms with Gasteiger partial charge in [-0.1, -0.05) is 6.92 Å². The summed E-state index contributed by atoms with van der Waals surface area (Å²) >= 11 is 1.53. The molecular formula is C15H20N2O4S. The van der Waals surface area contributed by atoms with Crippen molar-refractivity contribution in [3.8, 4) is 5.88 Å². The SMILES string of the molecule is CCC(C)Oc1cc(C(=O)NC2(C(=O)O)CCSC2)ccn1. The Balaban J connectivity index is 2.12. The molecule has 1 aliphatic rings. The van der Waals surface area contributed by atoms with Gasteiger partial charge in [-0.05, 0) is 31.6 Å². The third-order valence-corrected chi connectivity index (χ3v) is 4.87. The first-order valence-electron chi connectivity index (χ1n) is 7.23. The summed E-state index contributed by atoms with van der Waals surface area (Å²) in [5.74, 6) is 0.0743. The van der Waals surface area contributed by atoms with Crippen LogP contribution >= 0.6 is 11.8 Å². The molecule has 0 bridgehead atoms. The van der Waals surface area contributed by atoms with Gasteiger partial charge in [0, 0.05) is 23.6 Å². The largest absolute Gasteiger partial charge is 0.479 e. The average molecular weight is 324 g/mol. The van der Waals surface area contributed by atoms with Crippen LogP contribution in [0.1, 0.15) is 37.0 Å². The number of hydrogen-bond donors (Lipinski definition) is 2. The molecule has 1 aliphatic heterocycles. The maximum absolute atomic E-state index is 12.4. The van der Waals surface area contributed by atoms with E-state index in [0.29, 0.717) is 23.6 Å². The lowest BCUT2D eigenvalue weighted by Gasteiger charge is -2.24. The van der Waals surface area contributed by atoms with Crippen molar-refractivity contribution in [2.75, 3.05) is 11.5 Å². The molecule has 0 spiro atoms. The van der Waals surface area contributed by atoms with Crippen LogP contribution in [0.4, 0.5) is 0 Å².